The van der Waals surface area contributed by atoms with E-state index in [4.69, 9.17) is 35.4 Å². The Morgan fingerprint density at radius 1 is 1.14 bits per heavy atom. The number of hydrogen-bond donors (Lipinski definition) is 1. The number of rotatable bonds is 1. The van der Waals surface area contributed by atoms with Crippen LogP contribution in [0.4, 0.5) is 0 Å². The Balaban J connectivity index is 2.28. The van der Waals surface area contributed by atoms with Crippen molar-refractivity contribution in [2.75, 3.05) is 0 Å². The van der Waals surface area contributed by atoms with Crippen molar-refractivity contribution in [3.8, 4) is 0 Å². The van der Waals surface area contributed by atoms with Crippen LogP contribution in [0.5, 0.6) is 0 Å². The number of fused-ring (bicyclic) bond motifs is 1. The third-order valence-corrected chi connectivity index (χ3v) is 4.00. The molecule has 0 amide bonds. The Hall–Kier alpha value is -1.95. The highest BCUT2D eigenvalue weighted by Crippen LogP contribution is 2.21. The van der Waals surface area contributed by atoms with E-state index in [1.807, 2.05) is 0 Å². The number of benzene rings is 2. The van der Waals surface area contributed by atoms with Gasteiger partial charge in [-0.2, -0.15) is 0 Å². The molecule has 3 aromatic rings. The number of para-hydroxylation sites is 1. The molecule has 0 unspecified atom stereocenters. The summed E-state index contributed by atoms with van der Waals surface area (Å²) >= 11 is 17.0. The molecule has 0 spiro atoms. The maximum atomic E-state index is 12.6. The molecule has 0 saturated carbocycles. The molecule has 0 atom stereocenters. The van der Waals surface area contributed by atoms with Crippen molar-refractivity contribution >= 4 is 52.2 Å². The highest BCUT2D eigenvalue weighted by atomic mass is 35.5. The van der Waals surface area contributed by atoms with Crippen LogP contribution in [0.25, 0.3) is 10.9 Å². The van der Waals surface area contributed by atoms with Crippen LogP contribution in [0.2, 0.25) is 10.0 Å². The summed E-state index contributed by atoms with van der Waals surface area (Å²) in [6.07, 6.45) is 0. The molecule has 2 aromatic carbocycles. The number of nitrogens with one attached hydrogen (secondary N) is 1. The molecule has 0 aliphatic heterocycles. The van der Waals surface area contributed by atoms with Crippen molar-refractivity contribution in [3.05, 3.63) is 73.2 Å². The Bertz CT molecular complexity index is 1020. The number of halogens is 2. The zero-order chi connectivity index (χ0) is 15.9. The van der Waals surface area contributed by atoms with Gasteiger partial charge in [0.1, 0.15) is 0 Å². The number of H-pyrrole nitrogens is 1. The van der Waals surface area contributed by atoms with Crippen molar-refractivity contribution in [1.82, 2.24) is 9.55 Å². The minimum absolute atomic E-state index is 0.0136. The van der Waals surface area contributed by atoms with Gasteiger partial charge >= 0.3 is 0 Å². The minimum atomic E-state index is -0.598. The standard InChI is InChI=1S/C15H8Cl2N2O2S/c16-8-5-6-9(11(17)7-8)13(20)19-14(21)10-3-1-2-4-12(10)18-15(19)22/h1-7H,(H,18,22). The first-order chi connectivity index (χ1) is 10.5. The normalized spacial score (nSPS) is 10.8. The smallest absolute Gasteiger partial charge is 0.269 e. The SMILES string of the molecule is O=C(c1ccc(Cl)cc1Cl)n1c(=S)[nH]c2ccccc2c1=O. The number of aromatic nitrogens is 2. The Morgan fingerprint density at radius 2 is 1.86 bits per heavy atom. The Morgan fingerprint density at radius 3 is 2.59 bits per heavy atom. The summed E-state index contributed by atoms with van der Waals surface area (Å²) in [4.78, 5) is 28.0. The van der Waals surface area contributed by atoms with Gasteiger partial charge in [-0.05, 0) is 42.5 Å². The second kappa shape index (κ2) is 5.68. The van der Waals surface area contributed by atoms with Gasteiger partial charge in [-0.15, -0.1) is 0 Å². The van der Waals surface area contributed by atoms with Gasteiger partial charge in [0.2, 0.25) is 0 Å². The molecule has 22 heavy (non-hydrogen) atoms. The maximum absolute atomic E-state index is 12.6. The first-order valence-electron chi connectivity index (χ1n) is 6.23. The summed E-state index contributed by atoms with van der Waals surface area (Å²) in [5.74, 6) is -0.598. The van der Waals surface area contributed by atoms with Crippen LogP contribution in [0.3, 0.4) is 0 Å². The predicted molar refractivity (Wildman–Crippen MR) is 89.6 cm³/mol. The van der Waals surface area contributed by atoms with Crippen LogP contribution in [0.15, 0.2) is 47.3 Å². The summed E-state index contributed by atoms with van der Waals surface area (Å²) in [6, 6.07) is 11.3. The van der Waals surface area contributed by atoms with Crippen molar-refractivity contribution in [2.45, 2.75) is 0 Å². The number of aromatic amines is 1. The van der Waals surface area contributed by atoms with Crippen LogP contribution in [-0.4, -0.2) is 15.5 Å². The number of carbonyl (C=O) groups excluding carboxylic acids is 1. The molecular formula is C15H8Cl2N2O2S. The van der Waals surface area contributed by atoms with Gasteiger partial charge < -0.3 is 4.98 Å². The third-order valence-electron chi connectivity index (χ3n) is 3.17. The molecule has 0 radical (unpaired) electrons. The molecular weight excluding hydrogens is 343 g/mol. The Kier molecular flexibility index (Phi) is 3.87. The fourth-order valence-corrected chi connectivity index (χ4v) is 2.90. The van der Waals surface area contributed by atoms with Gasteiger partial charge in [0.25, 0.3) is 11.5 Å². The van der Waals surface area contributed by atoms with Crippen LogP contribution in [0, 0.1) is 4.77 Å². The van der Waals surface area contributed by atoms with Crippen LogP contribution in [-0.2, 0) is 0 Å². The van der Waals surface area contributed by atoms with Crippen LogP contribution >= 0.6 is 35.4 Å². The van der Waals surface area contributed by atoms with Gasteiger partial charge in [0.15, 0.2) is 4.77 Å². The van der Waals surface area contributed by atoms with E-state index >= 15 is 0 Å². The van der Waals surface area contributed by atoms with Crippen LogP contribution < -0.4 is 5.56 Å². The van der Waals surface area contributed by atoms with Crippen molar-refractivity contribution in [1.29, 1.82) is 0 Å². The third kappa shape index (κ3) is 2.47. The summed E-state index contributed by atoms with van der Waals surface area (Å²) in [7, 11) is 0. The quantitative estimate of drug-likeness (QED) is 0.673. The first kappa shape index (κ1) is 15.0. The molecule has 0 aliphatic rings. The molecule has 1 N–H and O–H groups in total. The van der Waals surface area contributed by atoms with Crippen molar-refractivity contribution in [2.24, 2.45) is 0 Å². The van der Waals surface area contributed by atoms with Gasteiger partial charge in [-0.1, -0.05) is 35.3 Å². The van der Waals surface area contributed by atoms with E-state index in [0.717, 1.165) is 4.57 Å². The largest absolute Gasteiger partial charge is 0.331 e. The van der Waals surface area contributed by atoms with Gasteiger partial charge in [0, 0.05) is 5.02 Å². The Labute approximate surface area is 139 Å². The monoisotopic (exact) mass is 350 g/mol. The average Bonchev–Trinajstić information content (AvgIpc) is 2.47. The van der Waals surface area contributed by atoms with Gasteiger partial charge in [0.05, 0.1) is 21.5 Å². The first-order valence-corrected chi connectivity index (χ1v) is 7.39. The lowest BCUT2D eigenvalue weighted by Crippen LogP contribution is -2.29. The molecule has 3 rings (SSSR count). The lowest BCUT2D eigenvalue weighted by atomic mass is 10.2. The fourth-order valence-electron chi connectivity index (χ4n) is 2.13. The lowest BCUT2D eigenvalue weighted by Gasteiger charge is -2.08. The second-order valence-corrected chi connectivity index (χ2v) is 5.78. The van der Waals surface area contributed by atoms with E-state index in [-0.39, 0.29) is 15.4 Å². The molecule has 1 aromatic heterocycles. The second-order valence-electron chi connectivity index (χ2n) is 4.55. The molecule has 7 heteroatoms. The van der Waals surface area contributed by atoms with Gasteiger partial charge in [-0.25, -0.2) is 4.57 Å². The van der Waals surface area contributed by atoms with E-state index in [1.165, 1.54) is 18.2 Å². The van der Waals surface area contributed by atoms with E-state index < -0.39 is 11.5 Å². The average molecular weight is 351 g/mol. The van der Waals surface area contributed by atoms with E-state index in [0.29, 0.717) is 15.9 Å². The van der Waals surface area contributed by atoms with Gasteiger partial charge in [-0.3, -0.25) is 9.59 Å². The van der Waals surface area contributed by atoms with E-state index in [9.17, 15) is 9.59 Å². The maximum Gasteiger partial charge on any atom is 0.269 e. The number of carbonyl (C=O) groups is 1. The fraction of sp³-hybridized carbons (Fsp3) is 0. The number of hydrogen-bond acceptors (Lipinski definition) is 3. The van der Waals surface area contributed by atoms with Crippen molar-refractivity contribution < 1.29 is 4.79 Å². The zero-order valence-electron chi connectivity index (χ0n) is 11.0. The molecule has 0 bridgehead atoms. The van der Waals surface area contributed by atoms with Crippen LogP contribution in [0.1, 0.15) is 10.4 Å². The summed E-state index contributed by atoms with van der Waals surface area (Å²) in [5, 5.41) is 0.930. The topological polar surface area (TPSA) is 54.9 Å². The van der Waals surface area contributed by atoms with Crippen molar-refractivity contribution in [3.63, 3.8) is 0 Å². The zero-order valence-corrected chi connectivity index (χ0v) is 13.3. The molecule has 4 nitrogen and oxygen atoms in total. The highest BCUT2D eigenvalue weighted by Gasteiger charge is 2.17. The molecule has 1 heterocycles. The van der Waals surface area contributed by atoms with E-state index in [2.05, 4.69) is 4.98 Å². The molecule has 110 valence electrons. The lowest BCUT2D eigenvalue weighted by molar-refractivity contribution is 0.0954. The predicted octanol–water partition coefficient (Wildman–Crippen LogP) is 4.05. The summed E-state index contributed by atoms with van der Waals surface area (Å²) < 4.78 is 0.909. The molecule has 0 aliphatic carbocycles. The highest BCUT2D eigenvalue weighted by molar-refractivity contribution is 7.71. The molecule has 0 fully saturated rings. The molecule has 0 saturated heterocycles. The van der Waals surface area contributed by atoms with E-state index in [1.54, 1.807) is 24.3 Å². The minimum Gasteiger partial charge on any atom is -0.331 e. The number of nitrogens with zero attached hydrogens (tertiary/aromatic N) is 1. The summed E-state index contributed by atoms with van der Waals surface area (Å²) in [5.41, 5.74) is 0.238. The summed E-state index contributed by atoms with van der Waals surface area (Å²) in [6.45, 7) is 0.